The van der Waals surface area contributed by atoms with Crippen molar-refractivity contribution in [2.24, 2.45) is 0 Å². The maximum atomic E-state index is 14.0. The molecule has 1 aliphatic heterocycles. The highest BCUT2D eigenvalue weighted by molar-refractivity contribution is 5.66. The van der Waals surface area contributed by atoms with Crippen LogP contribution >= 0.6 is 0 Å². The Kier molecular flexibility index (Phi) is 3.27. The molecule has 0 aliphatic carbocycles. The predicted octanol–water partition coefficient (Wildman–Crippen LogP) is 2.32. The Labute approximate surface area is 131 Å². The molecule has 2 N–H and O–H groups in total. The molecule has 1 aliphatic rings. The van der Waals surface area contributed by atoms with E-state index in [1.54, 1.807) is 10.7 Å². The molecule has 0 spiro atoms. The molecule has 0 radical (unpaired) electrons. The number of halogens is 1. The second-order valence-electron chi connectivity index (χ2n) is 5.32. The molecule has 7 heteroatoms. The van der Waals surface area contributed by atoms with Crippen LogP contribution in [0.15, 0.2) is 36.7 Å². The second kappa shape index (κ2) is 5.44. The summed E-state index contributed by atoms with van der Waals surface area (Å²) >= 11 is 0. The topological polar surface area (TPSA) is 78.3 Å². The minimum atomic E-state index is -0.414. The summed E-state index contributed by atoms with van der Waals surface area (Å²) in [7, 11) is 0. The van der Waals surface area contributed by atoms with E-state index in [0.717, 1.165) is 17.6 Å². The van der Waals surface area contributed by atoms with E-state index in [2.05, 4.69) is 15.1 Å². The summed E-state index contributed by atoms with van der Waals surface area (Å²) in [6.07, 6.45) is 6.46. The number of hydrogen-bond donors (Lipinski definition) is 1. The van der Waals surface area contributed by atoms with Crippen molar-refractivity contribution in [3.63, 3.8) is 0 Å². The summed E-state index contributed by atoms with van der Waals surface area (Å²) in [5, 5.41) is 4.33. The molecule has 4 rings (SSSR count). The van der Waals surface area contributed by atoms with Gasteiger partial charge in [-0.05, 0) is 30.2 Å². The molecule has 0 atom stereocenters. The number of nitrogen functional groups attached to an aromatic ring is 1. The van der Waals surface area contributed by atoms with Crippen LogP contribution < -0.4 is 5.73 Å². The Bertz CT molecular complexity index is 918. The van der Waals surface area contributed by atoms with Crippen molar-refractivity contribution >= 4 is 17.0 Å². The number of rotatable bonds is 2. The van der Waals surface area contributed by atoms with Crippen molar-refractivity contribution in [2.75, 3.05) is 18.9 Å². The number of ether oxygens (including phenoxy) is 1. The van der Waals surface area contributed by atoms with Crippen LogP contribution in [0.2, 0.25) is 0 Å². The van der Waals surface area contributed by atoms with E-state index >= 15 is 0 Å². The first-order chi connectivity index (χ1) is 11.2. The van der Waals surface area contributed by atoms with Gasteiger partial charge in [-0.25, -0.2) is 13.9 Å². The molecule has 6 nitrogen and oxygen atoms in total. The van der Waals surface area contributed by atoms with Gasteiger partial charge >= 0.3 is 0 Å². The Morgan fingerprint density at radius 3 is 3.04 bits per heavy atom. The van der Waals surface area contributed by atoms with Crippen LogP contribution in [-0.2, 0) is 4.74 Å². The first kappa shape index (κ1) is 13.8. The molecule has 0 unspecified atom stereocenters. The maximum absolute atomic E-state index is 14.0. The van der Waals surface area contributed by atoms with Crippen molar-refractivity contribution in [2.45, 2.75) is 6.42 Å². The van der Waals surface area contributed by atoms with E-state index < -0.39 is 5.82 Å². The monoisotopic (exact) mass is 311 g/mol. The van der Waals surface area contributed by atoms with Gasteiger partial charge in [0.05, 0.1) is 18.8 Å². The average molecular weight is 311 g/mol. The lowest BCUT2D eigenvalue weighted by Crippen LogP contribution is -2.05. The smallest absolute Gasteiger partial charge is 0.252 e. The minimum Gasteiger partial charge on any atom is -0.399 e. The normalized spacial score (nSPS) is 14.9. The number of nitrogens with zero attached hydrogens (tertiary/aromatic N) is 4. The van der Waals surface area contributed by atoms with E-state index in [1.807, 2.05) is 12.3 Å². The number of nitrogens with two attached hydrogens (primary N) is 1. The van der Waals surface area contributed by atoms with Crippen LogP contribution in [0.1, 0.15) is 12.0 Å². The van der Waals surface area contributed by atoms with E-state index in [1.165, 1.54) is 18.2 Å². The van der Waals surface area contributed by atoms with E-state index in [9.17, 15) is 4.39 Å². The number of benzene rings is 1. The predicted molar refractivity (Wildman–Crippen MR) is 84.0 cm³/mol. The average Bonchev–Trinajstić information content (AvgIpc) is 3.00. The summed E-state index contributed by atoms with van der Waals surface area (Å²) < 4.78 is 20.8. The zero-order valence-electron chi connectivity index (χ0n) is 12.2. The third-order valence-electron chi connectivity index (χ3n) is 3.76. The fraction of sp³-hybridized carbons (Fsp3) is 0.188. The minimum absolute atomic E-state index is 0.264. The SMILES string of the molecule is Nc1ccc(F)c(-c2nc3ncc(C4=CCOCC4)cn3n2)c1. The molecule has 0 bridgehead atoms. The molecular weight excluding hydrogens is 297 g/mol. The Balaban J connectivity index is 1.79. The lowest BCUT2D eigenvalue weighted by Gasteiger charge is -2.12. The molecule has 1 aromatic carbocycles. The fourth-order valence-corrected chi connectivity index (χ4v) is 2.57. The quantitative estimate of drug-likeness (QED) is 0.735. The van der Waals surface area contributed by atoms with E-state index in [0.29, 0.717) is 24.7 Å². The van der Waals surface area contributed by atoms with E-state index in [4.69, 9.17) is 10.5 Å². The largest absolute Gasteiger partial charge is 0.399 e. The highest BCUT2D eigenvalue weighted by atomic mass is 19.1. The van der Waals surface area contributed by atoms with Crippen molar-refractivity contribution in [3.05, 3.63) is 48.0 Å². The van der Waals surface area contributed by atoms with Gasteiger partial charge in [0.25, 0.3) is 5.78 Å². The third-order valence-corrected chi connectivity index (χ3v) is 3.76. The second-order valence-corrected chi connectivity index (χ2v) is 5.32. The summed E-state index contributed by atoms with van der Waals surface area (Å²) in [4.78, 5) is 8.58. The first-order valence-corrected chi connectivity index (χ1v) is 7.26. The van der Waals surface area contributed by atoms with Gasteiger partial charge in [0.1, 0.15) is 5.82 Å². The fourth-order valence-electron chi connectivity index (χ4n) is 2.57. The molecule has 116 valence electrons. The summed E-state index contributed by atoms with van der Waals surface area (Å²) in [5.41, 5.74) is 8.57. The van der Waals surface area contributed by atoms with Gasteiger partial charge in [0.15, 0.2) is 5.82 Å². The van der Waals surface area contributed by atoms with E-state index in [-0.39, 0.29) is 11.4 Å². The Morgan fingerprint density at radius 1 is 1.30 bits per heavy atom. The Hall–Kier alpha value is -2.80. The standard InChI is InChI=1S/C16H14FN5O/c17-14-2-1-12(18)7-13(14)15-20-16-19-8-11(9-22(16)21-15)10-3-5-23-6-4-10/h1-3,7-9H,4-6,18H2. The van der Waals surface area contributed by atoms with Crippen LogP contribution in [0.25, 0.3) is 22.7 Å². The number of aromatic nitrogens is 4. The Morgan fingerprint density at radius 2 is 2.22 bits per heavy atom. The maximum Gasteiger partial charge on any atom is 0.252 e. The van der Waals surface area contributed by atoms with Crippen molar-refractivity contribution < 1.29 is 9.13 Å². The molecule has 2 aromatic heterocycles. The van der Waals surface area contributed by atoms with Crippen LogP contribution in [0.3, 0.4) is 0 Å². The zero-order chi connectivity index (χ0) is 15.8. The number of hydrogen-bond acceptors (Lipinski definition) is 5. The molecule has 0 amide bonds. The van der Waals surface area contributed by atoms with Gasteiger partial charge in [0.2, 0.25) is 0 Å². The number of fused-ring (bicyclic) bond motifs is 1. The van der Waals surface area contributed by atoms with Gasteiger partial charge in [-0.2, -0.15) is 4.98 Å². The van der Waals surface area contributed by atoms with Gasteiger partial charge in [-0.1, -0.05) is 6.08 Å². The number of anilines is 1. The lowest BCUT2D eigenvalue weighted by atomic mass is 10.1. The molecule has 3 aromatic rings. The summed E-state index contributed by atoms with van der Waals surface area (Å²) in [6, 6.07) is 4.33. The first-order valence-electron chi connectivity index (χ1n) is 7.26. The molecule has 0 saturated carbocycles. The van der Waals surface area contributed by atoms with Gasteiger partial charge < -0.3 is 10.5 Å². The van der Waals surface area contributed by atoms with Crippen LogP contribution in [0.5, 0.6) is 0 Å². The molecule has 0 saturated heterocycles. The van der Waals surface area contributed by atoms with Crippen molar-refractivity contribution in [3.8, 4) is 11.4 Å². The molecule has 23 heavy (non-hydrogen) atoms. The van der Waals surface area contributed by atoms with Crippen LogP contribution in [-0.4, -0.2) is 32.8 Å². The summed E-state index contributed by atoms with van der Waals surface area (Å²) in [6.45, 7) is 1.30. The highest BCUT2D eigenvalue weighted by Gasteiger charge is 2.14. The van der Waals surface area contributed by atoms with Crippen LogP contribution in [0, 0.1) is 5.82 Å². The van der Waals surface area contributed by atoms with Gasteiger partial charge in [0, 0.05) is 23.6 Å². The van der Waals surface area contributed by atoms with Gasteiger partial charge in [-0.3, -0.25) is 0 Å². The van der Waals surface area contributed by atoms with Crippen LogP contribution in [0.4, 0.5) is 10.1 Å². The molecule has 3 heterocycles. The summed E-state index contributed by atoms with van der Waals surface area (Å²) in [5.74, 6) is 0.265. The highest BCUT2D eigenvalue weighted by Crippen LogP contribution is 2.24. The lowest BCUT2D eigenvalue weighted by molar-refractivity contribution is 0.161. The molecular formula is C16H14FN5O. The van der Waals surface area contributed by atoms with Crippen molar-refractivity contribution in [1.29, 1.82) is 0 Å². The van der Waals surface area contributed by atoms with Crippen molar-refractivity contribution in [1.82, 2.24) is 19.6 Å². The third kappa shape index (κ3) is 2.55. The van der Waals surface area contributed by atoms with Gasteiger partial charge in [-0.15, -0.1) is 5.10 Å². The zero-order valence-corrected chi connectivity index (χ0v) is 12.2. The molecule has 0 fully saturated rings.